The van der Waals surface area contributed by atoms with E-state index in [4.69, 9.17) is 0 Å². The van der Waals surface area contributed by atoms with Gasteiger partial charge in [-0.3, -0.25) is 14.3 Å². The number of halogens is 1. The molecule has 0 aliphatic carbocycles. The standard InChI is InChI=1S/C24H22FN3O4S/c1-16-7-12-21(15-22(16)25)33(31,32)27-19-5-2-4-17(14-19)24(30)26-18-8-10-20(11-9-18)28-13-3-6-23(28)29/h2,4-5,7-12,14-15,27H,3,6,13H2,1H3,(H,26,30). The van der Waals surface area contributed by atoms with E-state index in [1.54, 1.807) is 48.2 Å². The summed E-state index contributed by atoms with van der Waals surface area (Å²) in [6.07, 6.45) is 1.37. The molecule has 1 heterocycles. The van der Waals surface area contributed by atoms with Gasteiger partial charge < -0.3 is 10.2 Å². The van der Waals surface area contributed by atoms with E-state index in [1.807, 2.05) is 0 Å². The molecule has 9 heteroatoms. The minimum atomic E-state index is -4.03. The summed E-state index contributed by atoms with van der Waals surface area (Å²) in [6.45, 7) is 2.23. The lowest BCUT2D eigenvalue weighted by molar-refractivity contribution is -0.117. The Hall–Kier alpha value is -3.72. The molecule has 1 aliphatic heterocycles. The largest absolute Gasteiger partial charge is 0.322 e. The summed E-state index contributed by atoms with van der Waals surface area (Å²) < 4.78 is 41.4. The molecule has 1 aliphatic rings. The Labute approximate surface area is 191 Å². The summed E-state index contributed by atoms with van der Waals surface area (Å²) in [4.78, 5) is 26.0. The zero-order valence-electron chi connectivity index (χ0n) is 17.8. The van der Waals surface area contributed by atoms with E-state index in [9.17, 15) is 22.4 Å². The minimum absolute atomic E-state index is 0.0828. The first-order valence-electron chi connectivity index (χ1n) is 10.3. The molecule has 7 nitrogen and oxygen atoms in total. The average Bonchev–Trinajstić information content (AvgIpc) is 3.22. The predicted octanol–water partition coefficient (Wildman–Crippen LogP) is 4.31. The molecule has 0 radical (unpaired) electrons. The number of nitrogens with zero attached hydrogens (tertiary/aromatic N) is 1. The first kappa shape index (κ1) is 22.5. The van der Waals surface area contributed by atoms with Gasteiger partial charge in [-0.15, -0.1) is 0 Å². The van der Waals surface area contributed by atoms with Crippen LogP contribution in [0.25, 0.3) is 0 Å². The second-order valence-electron chi connectivity index (χ2n) is 7.75. The second kappa shape index (κ2) is 9.03. The van der Waals surface area contributed by atoms with E-state index in [2.05, 4.69) is 10.0 Å². The first-order valence-corrected chi connectivity index (χ1v) is 11.8. The molecular formula is C24H22FN3O4S. The lowest BCUT2D eigenvalue weighted by Crippen LogP contribution is -2.23. The van der Waals surface area contributed by atoms with Crippen molar-refractivity contribution >= 4 is 38.9 Å². The summed E-state index contributed by atoms with van der Waals surface area (Å²) >= 11 is 0. The third-order valence-corrected chi connectivity index (χ3v) is 6.72. The minimum Gasteiger partial charge on any atom is -0.322 e. The molecule has 0 unspecified atom stereocenters. The van der Waals surface area contributed by atoms with Gasteiger partial charge in [0.05, 0.1) is 4.90 Å². The molecule has 0 atom stereocenters. The van der Waals surface area contributed by atoms with Gasteiger partial charge in [-0.05, 0) is 73.5 Å². The SMILES string of the molecule is Cc1ccc(S(=O)(=O)Nc2cccc(C(=O)Nc3ccc(N4CCCC4=O)cc3)c2)cc1F. The molecule has 0 aromatic heterocycles. The maximum Gasteiger partial charge on any atom is 0.261 e. The summed E-state index contributed by atoms with van der Waals surface area (Å²) in [7, 11) is -4.03. The number of carbonyl (C=O) groups is 2. The van der Waals surface area contributed by atoms with Crippen molar-refractivity contribution in [3.63, 3.8) is 0 Å². The number of carbonyl (C=O) groups excluding carboxylic acids is 2. The molecule has 1 saturated heterocycles. The predicted molar refractivity (Wildman–Crippen MR) is 124 cm³/mol. The fourth-order valence-electron chi connectivity index (χ4n) is 3.53. The normalized spacial score (nSPS) is 13.8. The molecule has 33 heavy (non-hydrogen) atoms. The van der Waals surface area contributed by atoms with Crippen LogP contribution < -0.4 is 14.9 Å². The Morgan fingerprint density at radius 2 is 1.76 bits per heavy atom. The fraction of sp³-hybridized carbons (Fsp3) is 0.167. The van der Waals surface area contributed by atoms with Gasteiger partial charge in [-0.25, -0.2) is 12.8 Å². The quantitative estimate of drug-likeness (QED) is 0.565. The molecule has 0 spiro atoms. The summed E-state index contributed by atoms with van der Waals surface area (Å²) in [5.74, 6) is -0.965. The molecule has 1 fully saturated rings. The maximum absolute atomic E-state index is 13.8. The lowest BCUT2D eigenvalue weighted by atomic mass is 10.2. The van der Waals surface area contributed by atoms with Crippen LogP contribution in [0.4, 0.5) is 21.5 Å². The number of rotatable bonds is 6. The number of amides is 2. The van der Waals surface area contributed by atoms with E-state index in [0.29, 0.717) is 24.2 Å². The van der Waals surface area contributed by atoms with Crippen LogP contribution in [0.1, 0.15) is 28.8 Å². The van der Waals surface area contributed by atoms with Gasteiger partial charge in [0.2, 0.25) is 5.91 Å². The van der Waals surface area contributed by atoms with Crippen LogP contribution in [0, 0.1) is 12.7 Å². The van der Waals surface area contributed by atoms with Crippen molar-refractivity contribution in [3.05, 3.63) is 83.7 Å². The van der Waals surface area contributed by atoms with Crippen molar-refractivity contribution in [2.24, 2.45) is 0 Å². The molecule has 0 bridgehead atoms. The highest BCUT2D eigenvalue weighted by atomic mass is 32.2. The lowest BCUT2D eigenvalue weighted by Gasteiger charge is -2.16. The van der Waals surface area contributed by atoms with Crippen LogP contribution in [-0.2, 0) is 14.8 Å². The van der Waals surface area contributed by atoms with E-state index < -0.39 is 21.7 Å². The van der Waals surface area contributed by atoms with Gasteiger partial charge in [-0.2, -0.15) is 0 Å². The highest BCUT2D eigenvalue weighted by molar-refractivity contribution is 7.92. The van der Waals surface area contributed by atoms with Crippen LogP contribution in [0.2, 0.25) is 0 Å². The zero-order valence-corrected chi connectivity index (χ0v) is 18.7. The molecule has 3 aromatic rings. The second-order valence-corrected chi connectivity index (χ2v) is 9.43. The zero-order chi connectivity index (χ0) is 23.6. The highest BCUT2D eigenvalue weighted by Crippen LogP contribution is 2.24. The van der Waals surface area contributed by atoms with Gasteiger partial charge in [0.25, 0.3) is 15.9 Å². The number of hydrogen-bond acceptors (Lipinski definition) is 4. The average molecular weight is 468 g/mol. The van der Waals surface area contributed by atoms with Gasteiger partial charge in [0, 0.05) is 35.6 Å². The third-order valence-electron chi connectivity index (χ3n) is 5.34. The topological polar surface area (TPSA) is 95.6 Å². The van der Waals surface area contributed by atoms with Gasteiger partial charge in [0.15, 0.2) is 0 Å². The Kier molecular flexibility index (Phi) is 6.15. The van der Waals surface area contributed by atoms with E-state index >= 15 is 0 Å². The monoisotopic (exact) mass is 467 g/mol. The van der Waals surface area contributed by atoms with Crippen LogP contribution in [0.5, 0.6) is 0 Å². The van der Waals surface area contributed by atoms with E-state index in [-0.39, 0.29) is 22.1 Å². The van der Waals surface area contributed by atoms with Crippen molar-refractivity contribution in [2.45, 2.75) is 24.7 Å². The molecule has 2 N–H and O–H groups in total. The van der Waals surface area contributed by atoms with Crippen LogP contribution in [0.15, 0.2) is 71.6 Å². The molecule has 3 aromatic carbocycles. The van der Waals surface area contributed by atoms with Crippen molar-refractivity contribution in [3.8, 4) is 0 Å². The summed E-state index contributed by atoms with van der Waals surface area (Å²) in [6, 6.07) is 16.6. The van der Waals surface area contributed by atoms with Crippen molar-refractivity contribution in [1.29, 1.82) is 0 Å². The summed E-state index contributed by atoms with van der Waals surface area (Å²) in [5.41, 5.74) is 2.07. The Morgan fingerprint density at radius 3 is 2.42 bits per heavy atom. The van der Waals surface area contributed by atoms with Gasteiger partial charge in [-0.1, -0.05) is 12.1 Å². The van der Waals surface area contributed by atoms with Crippen LogP contribution in [0.3, 0.4) is 0 Å². The smallest absolute Gasteiger partial charge is 0.261 e. The number of anilines is 3. The van der Waals surface area contributed by atoms with Gasteiger partial charge >= 0.3 is 0 Å². The Balaban J connectivity index is 1.46. The van der Waals surface area contributed by atoms with Crippen LogP contribution >= 0.6 is 0 Å². The third kappa shape index (κ3) is 5.04. The fourth-order valence-corrected chi connectivity index (χ4v) is 4.59. The molecule has 170 valence electrons. The van der Waals surface area contributed by atoms with Crippen molar-refractivity contribution < 1.29 is 22.4 Å². The number of hydrogen-bond donors (Lipinski definition) is 2. The van der Waals surface area contributed by atoms with E-state index in [0.717, 1.165) is 18.2 Å². The van der Waals surface area contributed by atoms with Gasteiger partial charge in [0.1, 0.15) is 5.82 Å². The maximum atomic E-state index is 13.8. The molecular weight excluding hydrogens is 445 g/mol. The summed E-state index contributed by atoms with van der Waals surface area (Å²) in [5, 5.41) is 2.75. The van der Waals surface area contributed by atoms with Crippen molar-refractivity contribution in [2.75, 3.05) is 21.5 Å². The number of nitrogens with one attached hydrogen (secondary N) is 2. The Bertz CT molecular complexity index is 1320. The highest BCUT2D eigenvalue weighted by Gasteiger charge is 2.21. The Morgan fingerprint density at radius 1 is 1.00 bits per heavy atom. The molecule has 2 amide bonds. The van der Waals surface area contributed by atoms with E-state index in [1.165, 1.54) is 24.3 Å². The molecule has 0 saturated carbocycles. The first-order chi connectivity index (χ1) is 15.7. The number of sulfonamides is 1. The number of aryl methyl sites for hydroxylation is 1. The van der Waals surface area contributed by atoms with Crippen molar-refractivity contribution in [1.82, 2.24) is 0 Å². The molecule has 4 rings (SSSR count). The van der Waals surface area contributed by atoms with Crippen LogP contribution in [-0.4, -0.2) is 26.8 Å². The number of benzene rings is 3.